The SMILES string of the molecule is O=C(Nc1ccccc1F)c1ccc(=O)n(Cc2ccc(Cl)c(Cl)c2)c1. The molecule has 1 aromatic heterocycles. The summed E-state index contributed by atoms with van der Waals surface area (Å²) in [5.41, 5.74) is 0.777. The molecule has 0 saturated heterocycles. The number of para-hydroxylation sites is 1. The Balaban J connectivity index is 1.85. The van der Waals surface area contributed by atoms with Crippen LogP contribution in [0.1, 0.15) is 15.9 Å². The smallest absolute Gasteiger partial charge is 0.257 e. The first-order valence-electron chi connectivity index (χ1n) is 7.64. The van der Waals surface area contributed by atoms with E-state index in [9.17, 15) is 14.0 Å². The Bertz CT molecular complexity index is 1030. The van der Waals surface area contributed by atoms with E-state index in [1.165, 1.54) is 41.1 Å². The van der Waals surface area contributed by atoms with Gasteiger partial charge in [0.15, 0.2) is 0 Å². The van der Waals surface area contributed by atoms with E-state index in [1.54, 1.807) is 24.3 Å². The van der Waals surface area contributed by atoms with E-state index in [1.807, 2.05) is 0 Å². The summed E-state index contributed by atoms with van der Waals surface area (Å²) in [5.74, 6) is -1.05. The van der Waals surface area contributed by atoms with Crippen molar-refractivity contribution in [1.82, 2.24) is 4.57 Å². The molecule has 2 aromatic carbocycles. The predicted octanol–water partition coefficient (Wildman–Crippen LogP) is 4.59. The topological polar surface area (TPSA) is 51.1 Å². The molecule has 7 heteroatoms. The van der Waals surface area contributed by atoms with Crippen molar-refractivity contribution in [2.75, 3.05) is 5.32 Å². The van der Waals surface area contributed by atoms with Gasteiger partial charge in [-0.1, -0.05) is 41.4 Å². The lowest BCUT2D eigenvalue weighted by atomic mass is 10.2. The number of hydrogen-bond acceptors (Lipinski definition) is 2. The van der Waals surface area contributed by atoms with E-state index in [-0.39, 0.29) is 23.4 Å². The van der Waals surface area contributed by atoms with Crippen LogP contribution in [0.25, 0.3) is 0 Å². The second-order valence-electron chi connectivity index (χ2n) is 5.57. The van der Waals surface area contributed by atoms with Gasteiger partial charge in [0.1, 0.15) is 5.82 Å². The second kappa shape index (κ2) is 7.72. The highest BCUT2D eigenvalue weighted by Crippen LogP contribution is 2.23. The maximum atomic E-state index is 13.7. The largest absolute Gasteiger partial charge is 0.319 e. The number of carbonyl (C=O) groups excluding carboxylic acids is 1. The van der Waals surface area contributed by atoms with E-state index < -0.39 is 11.7 Å². The third-order valence-electron chi connectivity index (χ3n) is 3.70. The van der Waals surface area contributed by atoms with Crippen LogP contribution < -0.4 is 10.9 Å². The Morgan fingerprint density at radius 3 is 2.54 bits per heavy atom. The van der Waals surface area contributed by atoms with Gasteiger partial charge in [0, 0.05) is 12.3 Å². The first-order valence-corrected chi connectivity index (χ1v) is 8.40. The normalized spacial score (nSPS) is 10.6. The lowest BCUT2D eigenvalue weighted by Crippen LogP contribution is -2.22. The average molecular weight is 391 g/mol. The highest BCUT2D eigenvalue weighted by Gasteiger charge is 2.11. The number of benzene rings is 2. The van der Waals surface area contributed by atoms with Gasteiger partial charge in [-0.05, 0) is 35.9 Å². The molecule has 0 aliphatic heterocycles. The van der Waals surface area contributed by atoms with Crippen molar-refractivity contribution in [2.45, 2.75) is 6.54 Å². The molecule has 0 saturated carbocycles. The van der Waals surface area contributed by atoms with Crippen molar-refractivity contribution in [2.24, 2.45) is 0 Å². The number of amides is 1. The molecule has 0 aliphatic carbocycles. The first-order chi connectivity index (χ1) is 12.4. The van der Waals surface area contributed by atoms with Gasteiger partial charge in [-0.2, -0.15) is 0 Å². The van der Waals surface area contributed by atoms with Gasteiger partial charge in [0.25, 0.3) is 11.5 Å². The molecular formula is C19H13Cl2FN2O2. The first kappa shape index (κ1) is 18.2. The molecule has 0 atom stereocenters. The maximum absolute atomic E-state index is 13.7. The van der Waals surface area contributed by atoms with Crippen LogP contribution >= 0.6 is 23.2 Å². The predicted molar refractivity (Wildman–Crippen MR) is 101 cm³/mol. The number of hydrogen-bond donors (Lipinski definition) is 1. The van der Waals surface area contributed by atoms with E-state index in [0.717, 1.165) is 5.56 Å². The van der Waals surface area contributed by atoms with Crippen LogP contribution in [0, 0.1) is 5.82 Å². The molecule has 132 valence electrons. The summed E-state index contributed by atoms with van der Waals surface area (Å²) < 4.78 is 15.0. The molecule has 3 aromatic rings. The molecule has 0 bridgehead atoms. The zero-order valence-electron chi connectivity index (χ0n) is 13.4. The molecule has 1 amide bonds. The zero-order chi connectivity index (χ0) is 18.7. The minimum absolute atomic E-state index is 0.0692. The highest BCUT2D eigenvalue weighted by atomic mass is 35.5. The molecule has 0 unspecified atom stereocenters. The van der Waals surface area contributed by atoms with E-state index in [0.29, 0.717) is 10.0 Å². The molecule has 1 N–H and O–H groups in total. The number of pyridine rings is 1. The highest BCUT2D eigenvalue weighted by molar-refractivity contribution is 6.42. The van der Waals surface area contributed by atoms with Crippen LogP contribution in [-0.4, -0.2) is 10.5 Å². The van der Waals surface area contributed by atoms with Crippen molar-refractivity contribution >= 4 is 34.8 Å². The lowest BCUT2D eigenvalue weighted by molar-refractivity contribution is 0.102. The second-order valence-corrected chi connectivity index (χ2v) is 6.38. The van der Waals surface area contributed by atoms with Crippen LogP contribution in [0.5, 0.6) is 0 Å². The van der Waals surface area contributed by atoms with Crippen LogP contribution in [0.2, 0.25) is 10.0 Å². The lowest BCUT2D eigenvalue weighted by Gasteiger charge is -2.10. The molecule has 0 spiro atoms. The minimum Gasteiger partial charge on any atom is -0.319 e. The maximum Gasteiger partial charge on any atom is 0.257 e. The van der Waals surface area contributed by atoms with Crippen molar-refractivity contribution in [1.29, 1.82) is 0 Å². The Morgan fingerprint density at radius 2 is 1.81 bits per heavy atom. The van der Waals surface area contributed by atoms with Gasteiger partial charge in [-0.25, -0.2) is 4.39 Å². The van der Waals surface area contributed by atoms with Gasteiger partial charge in [0.05, 0.1) is 27.8 Å². The average Bonchev–Trinajstić information content (AvgIpc) is 2.62. The van der Waals surface area contributed by atoms with Crippen LogP contribution in [0.4, 0.5) is 10.1 Å². The minimum atomic E-state index is -0.537. The molecule has 26 heavy (non-hydrogen) atoms. The third-order valence-corrected chi connectivity index (χ3v) is 4.44. The van der Waals surface area contributed by atoms with Crippen LogP contribution in [-0.2, 0) is 6.54 Å². The fourth-order valence-electron chi connectivity index (χ4n) is 2.38. The standard InChI is InChI=1S/C19H13Cl2FN2O2/c20-14-7-5-12(9-15(14)21)10-24-11-13(6-8-18(24)25)19(26)23-17-4-2-1-3-16(17)22/h1-9,11H,10H2,(H,23,26). The summed E-state index contributed by atoms with van der Waals surface area (Å²) in [7, 11) is 0. The summed E-state index contributed by atoms with van der Waals surface area (Å²) in [6, 6.07) is 13.6. The van der Waals surface area contributed by atoms with Crippen molar-refractivity contribution in [3.8, 4) is 0 Å². The summed E-state index contributed by atoms with van der Waals surface area (Å²) in [5, 5.41) is 3.28. The number of rotatable bonds is 4. The van der Waals surface area contributed by atoms with Crippen molar-refractivity contribution in [3.05, 3.63) is 98.1 Å². The Labute approximate surface area is 158 Å². The van der Waals surface area contributed by atoms with E-state index in [4.69, 9.17) is 23.2 Å². The van der Waals surface area contributed by atoms with E-state index >= 15 is 0 Å². The number of carbonyl (C=O) groups is 1. The van der Waals surface area contributed by atoms with Crippen molar-refractivity contribution in [3.63, 3.8) is 0 Å². The van der Waals surface area contributed by atoms with E-state index in [2.05, 4.69) is 5.32 Å². The Kier molecular flexibility index (Phi) is 5.40. The molecule has 3 rings (SSSR count). The Morgan fingerprint density at radius 1 is 1.04 bits per heavy atom. The van der Waals surface area contributed by atoms with Gasteiger partial charge in [0.2, 0.25) is 0 Å². The molecule has 0 radical (unpaired) electrons. The number of anilines is 1. The van der Waals surface area contributed by atoms with Gasteiger partial charge >= 0.3 is 0 Å². The fraction of sp³-hybridized carbons (Fsp3) is 0.0526. The third kappa shape index (κ3) is 4.12. The zero-order valence-corrected chi connectivity index (χ0v) is 14.9. The molecule has 4 nitrogen and oxygen atoms in total. The quantitative estimate of drug-likeness (QED) is 0.707. The van der Waals surface area contributed by atoms with Crippen molar-refractivity contribution < 1.29 is 9.18 Å². The van der Waals surface area contributed by atoms with Crippen LogP contribution in [0.15, 0.2) is 65.6 Å². The monoisotopic (exact) mass is 390 g/mol. The fourth-order valence-corrected chi connectivity index (χ4v) is 2.70. The number of aromatic nitrogens is 1. The summed E-state index contributed by atoms with van der Waals surface area (Å²) >= 11 is 11.9. The Hall–Kier alpha value is -2.63. The summed E-state index contributed by atoms with van der Waals surface area (Å²) in [4.78, 5) is 24.4. The number of nitrogens with one attached hydrogen (secondary N) is 1. The van der Waals surface area contributed by atoms with Gasteiger partial charge in [-0.3, -0.25) is 9.59 Å². The van der Waals surface area contributed by atoms with Crippen LogP contribution in [0.3, 0.4) is 0 Å². The summed E-state index contributed by atoms with van der Waals surface area (Å²) in [6.07, 6.45) is 1.42. The van der Waals surface area contributed by atoms with Gasteiger partial charge in [-0.15, -0.1) is 0 Å². The van der Waals surface area contributed by atoms with Gasteiger partial charge < -0.3 is 9.88 Å². The molecular weight excluding hydrogens is 378 g/mol. The molecule has 0 aliphatic rings. The molecule has 1 heterocycles. The number of halogens is 3. The molecule has 0 fully saturated rings. The number of nitrogens with zero attached hydrogens (tertiary/aromatic N) is 1. The summed E-state index contributed by atoms with van der Waals surface area (Å²) in [6.45, 7) is 0.219.